The molecule has 4 aromatic rings. The number of benzene rings is 3. The zero-order valence-corrected chi connectivity index (χ0v) is 25.6. The van der Waals surface area contributed by atoms with Gasteiger partial charge in [0, 0.05) is 30.1 Å². The van der Waals surface area contributed by atoms with Gasteiger partial charge in [-0.25, -0.2) is 14.7 Å². The first kappa shape index (κ1) is 31.6. The number of amidine groups is 1. The minimum atomic E-state index is -4.74. The molecule has 3 aromatic carbocycles. The zero-order chi connectivity index (χ0) is 31.3. The van der Waals surface area contributed by atoms with E-state index in [0.29, 0.717) is 18.1 Å². The van der Waals surface area contributed by atoms with Crippen LogP contribution in [0.3, 0.4) is 0 Å². The number of nitrogens with one attached hydrogen (secondary N) is 1. The number of aliphatic hydroxyl groups is 1. The second kappa shape index (κ2) is 13.8. The molecule has 1 saturated heterocycles. The molecule has 0 bridgehead atoms. The molecule has 1 fully saturated rings. The van der Waals surface area contributed by atoms with Gasteiger partial charge in [0.05, 0.1) is 5.69 Å². The average molecular weight is 625 g/mol. The second-order valence-electron chi connectivity index (χ2n) is 10.7. The predicted octanol–water partition coefficient (Wildman–Crippen LogP) is 6.67. The maximum atomic E-state index is 12.4. The Morgan fingerprint density at radius 3 is 2.55 bits per heavy atom. The van der Waals surface area contributed by atoms with Gasteiger partial charge in [0.25, 0.3) is 0 Å². The van der Waals surface area contributed by atoms with Crippen LogP contribution in [0.1, 0.15) is 42.9 Å². The van der Waals surface area contributed by atoms with Crippen LogP contribution < -0.4 is 15.0 Å². The van der Waals surface area contributed by atoms with E-state index in [1.807, 2.05) is 24.3 Å². The zero-order valence-electron chi connectivity index (χ0n) is 24.8. The Labute approximate surface area is 259 Å². The Bertz CT molecular complexity index is 1570. The number of aryl methyl sites for hydroxylation is 2. The molecule has 8 nitrogen and oxygen atoms in total. The molecule has 44 heavy (non-hydrogen) atoms. The van der Waals surface area contributed by atoms with Crippen molar-refractivity contribution in [3.05, 3.63) is 89.7 Å². The minimum Gasteiger partial charge on any atom is -0.406 e. The van der Waals surface area contributed by atoms with Crippen LogP contribution in [0.2, 0.25) is 0 Å². The number of anilines is 1. The molecular formula is C32H35F3N6O2S. The average Bonchev–Trinajstić information content (AvgIpc) is 3.67. The molecule has 2 unspecified atom stereocenters. The van der Waals surface area contributed by atoms with Crippen LogP contribution in [0, 0.1) is 6.92 Å². The summed E-state index contributed by atoms with van der Waals surface area (Å²) >= 11 is 1.65. The van der Waals surface area contributed by atoms with E-state index < -0.39 is 12.7 Å². The smallest absolute Gasteiger partial charge is 0.406 e. The van der Waals surface area contributed by atoms with Crippen LogP contribution in [0.25, 0.3) is 17.1 Å². The first-order valence-electron chi connectivity index (χ1n) is 14.5. The Kier molecular flexibility index (Phi) is 9.92. The molecule has 12 heteroatoms. The van der Waals surface area contributed by atoms with Gasteiger partial charge in [0.1, 0.15) is 12.1 Å². The molecule has 0 radical (unpaired) electrons. The number of alkyl halides is 3. The van der Waals surface area contributed by atoms with Gasteiger partial charge in [-0.05, 0) is 66.3 Å². The molecule has 1 aliphatic rings. The van der Waals surface area contributed by atoms with E-state index in [-0.39, 0.29) is 11.7 Å². The monoisotopic (exact) mass is 624 g/mol. The fourth-order valence-corrected chi connectivity index (χ4v) is 5.95. The standard InChI is InChI=1S/C32H35F3N6O2S/c1-4-5-24-7-6-21(2)18-28(24)40-16-17-44-31(40)38-30(42)36-19-22(3)23-8-10-25(11-9-23)29-37-20-41(39-29)26-12-14-27(15-13-26)43-32(33,34)35/h6-15,18,20,22,30,36,42H,4-5,16-17,19H2,1-3H3. The van der Waals surface area contributed by atoms with Gasteiger partial charge in [-0.2, -0.15) is 0 Å². The van der Waals surface area contributed by atoms with Gasteiger partial charge in [-0.1, -0.05) is 68.4 Å². The lowest BCUT2D eigenvalue weighted by atomic mass is 10.00. The molecule has 2 heterocycles. The Balaban J connectivity index is 1.18. The Hall–Kier alpha value is -3.87. The topological polar surface area (TPSA) is 87.8 Å². The number of hydrogen-bond acceptors (Lipinski definition) is 7. The number of thioether (sulfide) groups is 1. The first-order valence-corrected chi connectivity index (χ1v) is 15.5. The van der Waals surface area contributed by atoms with Crippen LogP contribution in [0.5, 0.6) is 5.75 Å². The molecule has 2 atom stereocenters. The van der Waals surface area contributed by atoms with Crippen molar-refractivity contribution in [2.75, 3.05) is 23.7 Å². The molecule has 5 rings (SSSR count). The lowest BCUT2D eigenvalue weighted by molar-refractivity contribution is -0.274. The van der Waals surface area contributed by atoms with Crippen molar-refractivity contribution >= 4 is 22.6 Å². The van der Waals surface area contributed by atoms with Crippen LogP contribution in [0.4, 0.5) is 18.9 Å². The number of rotatable bonds is 11. The molecule has 2 N–H and O–H groups in total. The van der Waals surface area contributed by atoms with Crippen LogP contribution in [0.15, 0.2) is 78.0 Å². The summed E-state index contributed by atoms with van der Waals surface area (Å²) < 4.78 is 42.7. The fourth-order valence-electron chi connectivity index (χ4n) is 4.97. The van der Waals surface area contributed by atoms with Crippen molar-refractivity contribution in [2.45, 2.75) is 52.2 Å². The van der Waals surface area contributed by atoms with E-state index in [4.69, 9.17) is 0 Å². The third kappa shape index (κ3) is 7.99. The van der Waals surface area contributed by atoms with Gasteiger partial charge >= 0.3 is 6.36 Å². The SMILES string of the molecule is CCCc1ccc(C)cc1N1CCSC1=NC(O)NCC(C)c1ccc(-c2ncn(-c3ccc(OC(F)(F)F)cc3)n2)cc1. The third-order valence-electron chi connectivity index (χ3n) is 7.23. The Morgan fingerprint density at radius 1 is 1.09 bits per heavy atom. The van der Waals surface area contributed by atoms with Crippen molar-refractivity contribution in [3.8, 4) is 22.8 Å². The normalized spacial score (nSPS) is 16.0. The minimum absolute atomic E-state index is 0.0992. The molecule has 0 amide bonds. The van der Waals surface area contributed by atoms with Crippen molar-refractivity contribution in [3.63, 3.8) is 0 Å². The molecule has 0 saturated carbocycles. The molecule has 232 valence electrons. The highest BCUT2D eigenvalue weighted by Gasteiger charge is 2.31. The Morgan fingerprint density at radius 2 is 1.84 bits per heavy atom. The molecule has 1 aromatic heterocycles. The van der Waals surface area contributed by atoms with E-state index >= 15 is 0 Å². The van der Waals surface area contributed by atoms with Crippen molar-refractivity contribution in [1.82, 2.24) is 20.1 Å². The number of hydrogen-bond donors (Lipinski definition) is 2. The number of halogens is 3. The lowest BCUT2D eigenvalue weighted by Gasteiger charge is -2.23. The van der Waals surface area contributed by atoms with Gasteiger partial charge in [0.2, 0.25) is 6.35 Å². The lowest BCUT2D eigenvalue weighted by Crippen LogP contribution is -2.33. The third-order valence-corrected chi connectivity index (χ3v) is 8.20. The highest BCUT2D eigenvalue weighted by Crippen LogP contribution is 2.31. The van der Waals surface area contributed by atoms with E-state index in [0.717, 1.165) is 41.4 Å². The first-order chi connectivity index (χ1) is 21.1. The molecule has 1 aliphatic heterocycles. The summed E-state index contributed by atoms with van der Waals surface area (Å²) in [5, 5.41) is 19.2. The van der Waals surface area contributed by atoms with E-state index in [2.05, 4.69) is 69.0 Å². The van der Waals surface area contributed by atoms with Crippen LogP contribution in [-0.2, 0) is 6.42 Å². The molecule has 0 aliphatic carbocycles. The summed E-state index contributed by atoms with van der Waals surface area (Å²) in [7, 11) is 0. The van der Waals surface area contributed by atoms with Crippen molar-refractivity contribution in [2.24, 2.45) is 4.99 Å². The van der Waals surface area contributed by atoms with Gasteiger partial charge < -0.3 is 14.7 Å². The van der Waals surface area contributed by atoms with Crippen molar-refractivity contribution < 1.29 is 23.0 Å². The maximum Gasteiger partial charge on any atom is 0.573 e. The van der Waals surface area contributed by atoms with E-state index in [1.165, 1.54) is 52.1 Å². The highest BCUT2D eigenvalue weighted by molar-refractivity contribution is 8.14. The number of nitrogens with zero attached hydrogens (tertiary/aromatic N) is 5. The number of aliphatic hydroxyl groups excluding tert-OH is 1. The van der Waals surface area contributed by atoms with Crippen LogP contribution in [-0.4, -0.2) is 56.6 Å². The highest BCUT2D eigenvalue weighted by atomic mass is 32.2. The summed E-state index contributed by atoms with van der Waals surface area (Å²) in [5.74, 6) is 1.20. The summed E-state index contributed by atoms with van der Waals surface area (Å²) in [6.07, 6.45) is -2.20. The van der Waals surface area contributed by atoms with E-state index in [1.54, 1.807) is 11.8 Å². The summed E-state index contributed by atoms with van der Waals surface area (Å²) in [4.78, 5) is 11.2. The second-order valence-corrected chi connectivity index (χ2v) is 11.7. The van der Waals surface area contributed by atoms with E-state index in [9.17, 15) is 18.3 Å². The predicted molar refractivity (Wildman–Crippen MR) is 168 cm³/mol. The van der Waals surface area contributed by atoms with Gasteiger partial charge in [-0.15, -0.1) is 18.3 Å². The largest absolute Gasteiger partial charge is 0.573 e. The van der Waals surface area contributed by atoms with Gasteiger partial charge in [-0.3, -0.25) is 5.32 Å². The van der Waals surface area contributed by atoms with Gasteiger partial charge in [0.15, 0.2) is 11.0 Å². The maximum absolute atomic E-state index is 12.4. The summed E-state index contributed by atoms with van der Waals surface area (Å²) in [6, 6.07) is 19.8. The van der Waals surface area contributed by atoms with Crippen molar-refractivity contribution in [1.29, 1.82) is 0 Å². The quantitative estimate of drug-likeness (QED) is 0.180. The summed E-state index contributed by atoms with van der Waals surface area (Å²) in [5.41, 5.74) is 6.09. The number of aliphatic imine (C=N–C) groups is 1. The summed E-state index contributed by atoms with van der Waals surface area (Å²) in [6.45, 7) is 7.72. The molecule has 0 spiro atoms. The fraction of sp³-hybridized carbons (Fsp3) is 0.344. The number of aromatic nitrogens is 3. The number of ether oxygens (including phenoxy) is 1. The molecular weight excluding hydrogens is 589 g/mol. The van der Waals surface area contributed by atoms with Crippen LogP contribution >= 0.6 is 11.8 Å².